The van der Waals surface area contributed by atoms with Crippen LogP contribution in [0.2, 0.25) is 0 Å². The van der Waals surface area contributed by atoms with E-state index < -0.39 is 10.7 Å². The summed E-state index contributed by atoms with van der Waals surface area (Å²) in [5.74, 6) is -0.830. The normalized spacial score (nSPS) is 11.6. The second kappa shape index (κ2) is 3.98. The van der Waals surface area contributed by atoms with Crippen molar-refractivity contribution in [3.63, 3.8) is 0 Å². The minimum Gasteiger partial charge on any atom is -0.480 e. The van der Waals surface area contributed by atoms with Gasteiger partial charge in [0.25, 0.3) is 0 Å². The molecule has 0 saturated carbocycles. The fraction of sp³-hybridized carbons (Fsp3) is 0.429. The molecule has 0 amide bonds. The largest absolute Gasteiger partial charge is 0.480 e. The molecule has 1 N–H and O–H groups in total. The molecule has 13 heavy (non-hydrogen) atoms. The Bertz CT molecular complexity index is 324. The maximum absolute atomic E-state index is 10.8. The SMILES string of the molecule is CC(C)(Sc1nc(Br)cs1)C(=O)O. The van der Waals surface area contributed by atoms with Crippen molar-refractivity contribution >= 4 is 45.0 Å². The summed E-state index contributed by atoms with van der Waals surface area (Å²) in [6.45, 7) is 3.32. The van der Waals surface area contributed by atoms with Crippen LogP contribution in [0, 0.1) is 0 Å². The van der Waals surface area contributed by atoms with Gasteiger partial charge in [0.05, 0.1) is 0 Å². The summed E-state index contributed by atoms with van der Waals surface area (Å²) in [5.41, 5.74) is 0. The summed E-state index contributed by atoms with van der Waals surface area (Å²) in [7, 11) is 0. The Balaban J connectivity index is 2.74. The van der Waals surface area contributed by atoms with Crippen LogP contribution in [0.25, 0.3) is 0 Å². The summed E-state index contributed by atoms with van der Waals surface area (Å²) in [4.78, 5) is 14.9. The van der Waals surface area contributed by atoms with Crippen LogP contribution in [0.3, 0.4) is 0 Å². The standard InChI is InChI=1S/C7H8BrNO2S2/c1-7(2,5(10)11)13-6-9-4(8)3-12-6/h3H,1-2H3,(H,10,11). The van der Waals surface area contributed by atoms with Crippen LogP contribution >= 0.6 is 39.0 Å². The molecule has 0 aliphatic carbocycles. The summed E-state index contributed by atoms with van der Waals surface area (Å²) in [6.07, 6.45) is 0. The first-order valence-electron chi connectivity index (χ1n) is 3.45. The van der Waals surface area contributed by atoms with Crippen molar-refractivity contribution in [3.05, 3.63) is 9.98 Å². The van der Waals surface area contributed by atoms with Gasteiger partial charge in [0, 0.05) is 5.38 Å². The molecular formula is C7H8BrNO2S2. The van der Waals surface area contributed by atoms with E-state index in [-0.39, 0.29) is 0 Å². The number of nitrogens with zero attached hydrogens (tertiary/aromatic N) is 1. The number of carboxylic acid groups (broad SMARTS) is 1. The van der Waals surface area contributed by atoms with Crippen LogP contribution < -0.4 is 0 Å². The molecule has 1 heterocycles. The highest BCUT2D eigenvalue weighted by molar-refractivity contribution is 9.10. The van der Waals surface area contributed by atoms with E-state index in [1.807, 2.05) is 5.38 Å². The van der Waals surface area contributed by atoms with E-state index in [0.717, 1.165) is 8.94 Å². The van der Waals surface area contributed by atoms with Gasteiger partial charge < -0.3 is 5.11 Å². The van der Waals surface area contributed by atoms with Crippen LogP contribution in [0.4, 0.5) is 0 Å². The second-order valence-electron chi connectivity index (χ2n) is 2.85. The fourth-order valence-corrected chi connectivity index (χ4v) is 3.27. The molecule has 0 aliphatic rings. The van der Waals surface area contributed by atoms with Crippen molar-refractivity contribution in [2.45, 2.75) is 22.9 Å². The lowest BCUT2D eigenvalue weighted by atomic mass is 10.2. The van der Waals surface area contributed by atoms with Crippen LogP contribution in [0.1, 0.15) is 13.8 Å². The van der Waals surface area contributed by atoms with Gasteiger partial charge in [-0.25, -0.2) is 4.98 Å². The lowest BCUT2D eigenvalue weighted by Crippen LogP contribution is -2.26. The van der Waals surface area contributed by atoms with E-state index in [1.165, 1.54) is 23.1 Å². The molecule has 0 radical (unpaired) electrons. The number of aliphatic carboxylic acids is 1. The van der Waals surface area contributed by atoms with Crippen molar-refractivity contribution < 1.29 is 9.90 Å². The van der Waals surface area contributed by atoms with E-state index in [0.29, 0.717) is 0 Å². The van der Waals surface area contributed by atoms with Gasteiger partial charge in [-0.15, -0.1) is 11.3 Å². The number of aromatic nitrogens is 1. The molecule has 1 aromatic rings. The number of rotatable bonds is 3. The zero-order valence-corrected chi connectivity index (χ0v) is 10.3. The van der Waals surface area contributed by atoms with Gasteiger partial charge in [0.1, 0.15) is 9.35 Å². The van der Waals surface area contributed by atoms with Crippen molar-refractivity contribution in [1.29, 1.82) is 0 Å². The molecule has 0 unspecified atom stereocenters. The molecular weight excluding hydrogens is 274 g/mol. The minimum atomic E-state index is -0.830. The molecule has 0 aliphatic heterocycles. The monoisotopic (exact) mass is 281 g/mol. The van der Waals surface area contributed by atoms with Gasteiger partial charge >= 0.3 is 5.97 Å². The molecule has 0 saturated heterocycles. The van der Waals surface area contributed by atoms with Crippen molar-refractivity contribution in [2.24, 2.45) is 0 Å². The first-order chi connectivity index (χ1) is 5.92. The van der Waals surface area contributed by atoms with E-state index in [4.69, 9.17) is 5.11 Å². The Morgan fingerprint density at radius 2 is 2.38 bits per heavy atom. The highest BCUT2D eigenvalue weighted by Crippen LogP contribution is 2.35. The molecule has 0 fully saturated rings. The van der Waals surface area contributed by atoms with Gasteiger partial charge in [-0.2, -0.15) is 0 Å². The van der Waals surface area contributed by atoms with Crippen LogP contribution in [0.15, 0.2) is 14.3 Å². The lowest BCUT2D eigenvalue weighted by molar-refractivity contribution is -0.138. The van der Waals surface area contributed by atoms with Gasteiger partial charge in [-0.3, -0.25) is 4.79 Å². The Hall–Kier alpha value is -0.0700. The topological polar surface area (TPSA) is 50.2 Å². The highest BCUT2D eigenvalue weighted by Gasteiger charge is 2.29. The van der Waals surface area contributed by atoms with E-state index >= 15 is 0 Å². The predicted octanol–water partition coefficient (Wildman–Crippen LogP) is 2.86. The Morgan fingerprint density at radius 1 is 1.77 bits per heavy atom. The maximum Gasteiger partial charge on any atom is 0.319 e. The maximum atomic E-state index is 10.8. The van der Waals surface area contributed by atoms with E-state index in [1.54, 1.807) is 13.8 Å². The third-order valence-electron chi connectivity index (χ3n) is 1.31. The van der Waals surface area contributed by atoms with Crippen molar-refractivity contribution in [3.8, 4) is 0 Å². The Labute approximate surface area is 92.7 Å². The van der Waals surface area contributed by atoms with Gasteiger partial charge in [0.15, 0.2) is 4.34 Å². The average molecular weight is 282 g/mol. The summed E-state index contributed by atoms with van der Waals surface area (Å²) in [5, 5.41) is 10.7. The van der Waals surface area contributed by atoms with Crippen LogP contribution in [-0.4, -0.2) is 20.8 Å². The van der Waals surface area contributed by atoms with E-state index in [2.05, 4.69) is 20.9 Å². The number of halogens is 1. The first kappa shape index (κ1) is 11.0. The van der Waals surface area contributed by atoms with E-state index in [9.17, 15) is 4.79 Å². The summed E-state index contributed by atoms with van der Waals surface area (Å²) in [6, 6.07) is 0. The first-order valence-corrected chi connectivity index (χ1v) is 5.94. The van der Waals surface area contributed by atoms with Crippen molar-refractivity contribution in [1.82, 2.24) is 4.98 Å². The fourth-order valence-electron chi connectivity index (χ4n) is 0.548. The smallest absolute Gasteiger partial charge is 0.319 e. The minimum absolute atomic E-state index is 0.751. The summed E-state index contributed by atoms with van der Waals surface area (Å²) < 4.78 is 0.692. The quantitative estimate of drug-likeness (QED) is 0.866. The van der Waals surface area contributed by atoms with Crippen LogP contribution in [0.5, 0.6) is 0 Å². The van der Waals surface area contributed by atoms with Crippen LogP contribution in [-0.2, 0) is 4.79 Å². The van der Waals surface area contributed by atoms with Gasteiger partial charge in [-0.05, 0) is 29.8 Å². The van der Waals surface area contributed by atoms with Gasteiger partial charge in [-0.1, -0.05) is 11.8 Å². The zero-order valence-electron chi connectivity index (χ0n) is 7.07. The Kier molecular flexibility index (Phi) is 3.37. The van der Waals surface area contributed by atoms with Crippen molar-refractivity contribution in [2.75, 3.05) is 0 Å². The molecule has 1 rings (SSSR count). The predicted molar refractivity (Wildman–Crippen MR) is 57.4 cm³/mol. The third kappa shape index (κ3) is 2.96. The summed E-state index contributed by atoms with van der Waals surface area (Å²) >= 11 is 5.90. The zero-order chi connectivity index (χ0) is 10.1. The molecule has 0 aromatic carbocycles. The van der Waals surface area contributed by atoms with Gasteiger partial charge in [0.2, 0.25) is 0 Å². The molecule has 72 valence electrons. The molecule has 0 atom stereocenters. The number of hydrogen-bond donors (Lipinski definition) is 1. The lowest BCUT2D eigenvalue weighted by Gasteiger charge is -2.15. The Morgan fingerprint density at radius 3 is 2.77 bits per heavy atom. The molecule has 1 aromatic heterocycles. The number of carbonyl (C=O) groups is 1. The molecule has 6 heteroatoms. The number of thioether (sulfide) groups is 1. The number of carboxylic acids is 1. The molecule has 3 nitrogen and oxygen atoms in total. The highest BCUT2D eigenvalue weighted by atomic mass is 79.9. The number of thiazole rings is 1. The third-order valence-corrected chi connectivity index (χ3v) is 4.15. The molecule has 0 spiro atoms. The average Bonchev–Trinajstić information content (AvgIpc) is 2.34. The molecule has 0 bridgehead atoms. The number of hydrogen-bond acceptors (Lipinski definition) is 4. The second-order valence-corrected chi connectivity index (χ2v) is 6.39.